The molecule has 0 spiro atoms. The fourth-order valence-corrected chi connectivity index (χ4v) is 9.88. The summed E-state index contributed by atoms with van der Waals surface area (Å²) < 4.78 is 11.4. The number of nitrogens with one attached hydrogen (secondary N) is 3. The van der Waals surface area contributed by atoms with Crippen LogP contribution in [-0.4, -0.2) is 124 Å². The molecule has 0 saturated carbocycles. The summed E-state index contributed by atoms with van der Waals surface area (Å²) >= 11 is 6.65. The molecule has 3 N–H and O–H groups in total. The van der Waals surface area contributed by atoms with Crippen molar-refractivity contribution in [2.75, 3.05) is 63.1 Å². The van der Waals surface area contributed by atoms with Crippen LogP contribution in [0.15, 0.2) is 79.3 Å². The van der Waals surface area contributed by atoms with Crippen LogP contribution in [0.2, 0.25) is 5.02 Å². The fourth-order valence-electron chi connectivity index (χ4n) is 9.62. The maximum absolute atomic E-state index is 13.9. The maximum Gasteiger partial charge on any atom is 0.328 e. The van der Waals surface area contributed by atoms with Crippen molar-refractivity contribution >= 4 is 63.7 Å². The van der Waals surface area contributed by atoms with Crippen LogP contribution in [0.4, 0.5) is 16.3 Å². The third kappa shape index (κ3) is 9.64. The van der Waals surface area contributed by atoms with E-state index in [2.05, 4.69) is 30.5 Å². The van der Waals surface area contributed by atoms with E-state index in [1.165, 1.54) is 18.3 Å². The van der Waals surface area contributed by atoms with E-state index >= 15 is 0 Å². The number of ether oxygens (including phenoxy) is 2. The number of rotatable bonds is 12. The number of halogens is 1. The maximum atomic E-state index is 13.9. The second-order valence-corrected chi connectivity index (χ2v) is 17.6. The number of para-hydroxylation sites is 1. The highest BCUT2D eigenvalue weighted by Crippen LogP contribution is 2.34. The average Bonchev–Trinajstić information content (AvgIpc) is 3.77. The van der Waals surface area contributed by atoms with Crippen molar-refractivity contribution < 1.29 is 33.4 Å². The first kappa shape index (κ1) is 43.7. The van der Waals surface area contributed by atoms with Gasteiger partial charge in [0, 0.05) is 81.0 Å². The highest BCUT2D eigenvalue weighted by molar-refractivity contribution is 6.35. The Morgan fingerprint density at radius 2 is 1.65 bits per heavy atom. The number of methoxy groups -OCH3 is 1. The molecular formula is C48H52ClN9O7. The summed E-state index contributed by atoms with van der Waals surface area (Å²) in [4.78, 5) is 85.6. The summed E-state index contributed by atoms with van der Waals surface area (Å²) in [5.41, 5.74) is 2.17. The lowest BCUT2D eigenvalue weighted by molar-refractivity contribution is -0.133. The Balaban J connectivity index is 0.755. The number of likely N-dealkylation sites (tertiary alicyclic amines) is 3. The van der Waals surface area contributed by atoms with Crippen LogP contribution < -0.4 is 25.0 Å². The Labute approximate surface area is 381 Å². The number of fused-ring (bicyclic) bond motifs is 1. The number of piperidine rings is 3. The van der Waals surface area contributed by atoms with Gasteiger partial charge in [-0.05, 0) is 100.0 Å². The van der Waals surface area contributed by atoms with Gasteiger partial charge in [-0.1, -0.05) is 29.8 Å². The zero-order valence-electron chi connectivity index (χ0n) is 36.3. The number of amides is 5. The highest BCUT2D eigenvalue weighted by Gasteiger charge is 2.34. The van der Waals surface area contributed by atoms with Crippen LogP contribution in [0, 0.1) is 5.92 Å². The first-order valence-electron chi connectivity index (χ1n) is 22.4. The number of carbonyl (C=O) groups is 5. The third-order valence-corrected chi connectivity index (χ3v) is 13.5. The largest absolute Gasteiger partial charge is 0.495 e. The van der Waals surface area contributed by atoms with Gasteiger partial charge in [-0.2, -0.15) is 0 Å². The van der Waals surface area contributed by atoms with Gasteiger partial charge >= 0.3 is 6.03 Å². The zero-order chi connectivity index (χ0) is 45.0. The third-order valence-electron chi connectivity index (χ3n) is 13.1. The number of anilines is 2. The smallest absolute Gasteiger partial charge is 0.328 e. The quantitative estimate of drug-likeness (QED) is 0.111. The van der Waals surface area contributed by atoms with Gasteiger partial charge in [0.15, 0.2) is 5.78 Å². The number of H-pyrrole nitrogens is 1. The molecule has 3 aromatic carbocycles. The van der Waals surface area contributed by atoms with E-state index in [0.717, 1.165) is 51.6 Å². The number of hydrogen-bond acceptors (Lipinski definition) is 11. The standard InChI is InChI=1S/C48H52ClN9O7/c1-64-40-12-9-31(25-39(40)58-23-17-41(59)54-48(58)63)47(62)56-21-15-33(16-22-56)55-19-13-30(14-20-55)24-42(60)57-18-5-6-32(28-57)53-46-43-37(27-50-45(43)51-29-52-46)44(61)36-11-10-35(26-38(36)49)65-34-7-3-2-4-8-34/h2-4,7-12,25-27,29-30,32-33H,5-6,13-24,28H2,1H3,(H,54,59,63)(H2,50,51,52,53)/t32-/m1/s1. The number of aromatic amines is 1. The SMILES string of the molecule is COc1ccc(C(=O)N2CCC(N3CCC(CC(=O)N4CCC[C@@H](Nc5ncnc6[nH]cc(C(=O)c7ccc(Oc8ccccc8)cc7Cl)c56)C4)CC3)CC2)cc1N1CCC(=O)NC1=O. The van der Waals surface area contributed by atoms with Gasteiger partial charge in [-0.3, -0.25) is 29.4 Å². The summed E-state index contributed by atoms with van der Waals surface area (Å²) in [6.45, 7) is 4.54. The lowest BCUT2D eigenvalue weighted by atomic mass is 9.90. The molecule has 6 heterocycles. The van der Waals surface area contributed by atoms with Gasteiger partial charge in [0.2, 0.25) is 11.8 Å². The molecule has 1 atom stereocenters. The lowest BCUT2D eigenvalue weighted by Gasteiger charge is -2.42. The van der Waals surface area contributed by atoms with Crippen molar-refractivity contribution in [3.8, 4) is 17.2 Å². The van der Waals surface area contributed by atoms with Gasteiger partial charge in [-0.15, -0.1) is 0 Å². The molecule has 0 unspecified atom stereocenters. The summed E-state index contributed by atoms with van der Waals surface area (Å²) in [5, 5.41) is 6.72. The van der Waals surface area contributed by atoms with Crippen molar-refractivity contribution in [3.05, 3.63) is 101 Å². The zero-order valence-corrected chi connectivity index (χ0v) is 37.0. The molecule has 2 aromatic heterocycles. The number of carbonyl (C=O) groups excluding carboxylic acids is 5. The summed E-state index contributed by atoms with van der Waals surface area (Å²) in [7, 11) is 1.51. The molecule has 0 bridgehead atoms. The molecule has 4 aliphatic heterocycles. The predicted molar refractivity (Wildman–Crippen MR) is 245 cm³/mol. The Morgan fingerprint density at radius 1 is 0.846 bits per heavy atom. The minimum absolute atomic E-state index is 0.0591. The van der Waals surface area contributed by atoms with Crippen molar-refractivity contribution in [3.63, 3.8) is 0 Å². The number of ketones is 1. The van der Waals surface area contributed by atoms with E-state index in [0.29, 0.717) is 101 Å². The molecule has 0 radical (unpaired) electrons. The molecule has 4 aliphatic rings. The molecular weight excluding hydrogens is 850 g/mol. The molecule has 65 heavy (non-hydrogen) atoms. The van der Waals surface area contributed by atoms with Gasteiger partial charge < -0.3 is 34.5 Å². The number of hydrogen-bond donors (Lipinski definition) is 3. The molecule has 5 aromatic rings. The van der Waals surface area contributed by atoms with Gasteiger partial charge in [0.25, 0.3) is 5.91 Å². The van der Waals surface area contributed by atoms with Crippen LogP contribution >= 0.6 is 11.6 Å². The second-order valence-electron chi connectivity index (χ2n) is 17.2. The van der Waals surface area contributed by atoms with Crippen molar-refractivity contribution in [1.82, 2.24) is 35.0 Å². The Hall–Kier alpha value is -6.52. The number of benzene rings is 3. The van der Waals surface area contributed by atoms with Crippen molar-refractivity contribution in [2.24, 2.45) is 5.92 Å². The van der Waals surface area contributed by atoms with Crippen LogP contribution in [-0.2, 0) is 9.59 Å². The molecule has 9 rings (SSSR count). The van der Waals surface area contributed by atoms with Crippen molar-refractivity contribution in [1.29, 1.82) is 0 Å². The minimum atomic E-state index is -0.531. The molecule has 0 aliphatic carbocycles. The van der Waals surface area contributed by atoms with E-state index in [1.54, 1.807) is 42.6 Å². The monoisotopic (exact) mass is 901 g/mol. The summed E-state index contributed by atoms with van der Waals surface area (Å²) in [6, 6.07) is 19.2. The number of imide groups is 1. The number of aromatic nitrogens is 3. The van der Waals surface area contributed by atoms with Gasteiger partial charge in [-0.25, -0.2) is 14.8 Å². The normalized spacial score (nSPS) is 19.0. The van der Waals surface area contributed by atoms with E-state index in [-0.39, 0.29) is 47.5 Å². The Bertz CT molecular complexity index is 2590. The van der Waals surface area contributed by atoms with Crippen LogP contribution in [0.1, 0.15) is 77.6 Å². The van der Waals surface area contributed by atoms with E-state index in [4.69, 9.17) is 21.1 Å². The minimum Gasteiger partial charge on any atom is -0.495 e. The van der Waals surface area contributed by atoms with Crippen LogP contribution in [0.25, 0.3) is 11.0 Å². The molecule has 5 amide bonds. The first-order chi connectivity index (χ1) is 31.6. The lowest BCUT2D eigenvalue weighted by Crippen LogP contribution is -2.50. The molecule has 338 valence electrons. The van der Waals surface area contributed by atoms with Crippen LogP contribution in [0.5, 0.6) is 17.2 Å². The van der Waals surface area contributed by atoms with E-state index in [1.807, 2.05) is 40.1 Å². The molecule has 17 heteroatoms. The van der Waals surface area contributed by atoms with Gasteiger partial charge in [0.1, 0.15) is 35.0 Å². The summed E-state index contributed by atoms with van der Waals surface area (Å²) in [6.07, 6.45) is 9.08. The summed E-state index contributed by atoms with van der Waals surface area (Å²) in [5.74, 6) is 1.93. The topological polar surface area (TPSA) is 182 Å². The average molecular weight is 902 g/mol. The first-order valence-corrected chi connectivity index (χ1v) is 22.8. The predicted octanol–water partition coefficient (Wildman–Crippen LogP) is 6.90. The highest BCUT2D eigenvalue weighted by atomic mass is 35.5. The Morgan fingerprint density at radius 3 is 2.40 bits per heavy atom. The molecule has 16 nitrogen and oxygen atoms in total. The van der Waals surface area contributed by atoms with Crippen molar-refractivity contribution in [2.45, 2.75) is 63.5 Å². The fraction of sp³-hybridized carbons (Fsp3) is 0.396. The molecule has 4 saturated heterocycles. The van der Waals surface area contributed by atoms with Gasteiger partial charge in [0.05, 0.1) is 28.8 Å². The van der Waals surface area contributed by atoms with Crippen LogP contribution in [0.3, 0.4) is 0 Å². The Kier molecular flexibility index (Phi) is 13.0. The molecule has 4 fully saturated rings. The van der Waals surface area contributed by atoms with E-state index in [9.17, 15) is 24.0 Å². The van der Waals surface area contributed by atoms with E-state index < -0.39 is 6.03 Å². The second kappa shape index (κ2) is 19.3. The number of nitrogens with zero attached hydrogens (tertiary/aromatic N) is 6. The number of urea groups is 1.